The zero-order valence-electron chi connectivity index (χ0n) is 17.2. The summed E-state index contributed by atoms with van der Waals surface area (Å²) in [6.45, 7) is 9.03. The van der Waals surface area contributed by atoms with Crippen molar-refractivity contribution in [1.82, 2.24) is 4.90 Å². The van der Waals surface area contributed by atoms with Crippen LogP contribution >= 0.6 is 0 Å². The molecule has 0 N–H and O–H groups in total. The second-order valence-electron chi connectivity index (χ2n) is 8.74. The fraction of sp³-hybridized carbons (Fsp3) is 0.739. The Bertz CT molecular complexity index is 536. The average Bonchev–Trinajstić information content (AvgIpc) is 2.61. The molecule has 1 fully saturated rings. The molecule has 2 atom stereocenters. The van der Waals surface area contributed by atoms with Gasteiger partial charge in [-0.1, -0.05) is 58.6 Å². The van der Waals surface area contributed by atoms with Gasteiger partial charge in [0.2, 0.25) is 0 Å². The highest BCUT2D eigenvalue weighted by Gasteiger charge is 2.31. The molecule has 1 heterocycles. The van der Waals surface area contributed by atoms with Crippen LogP contribution in [0, 0.1) is 11.8 Å². The number of hydrogen-bond acceptors (Lipinski definition) is 1. The summed E-state index contributed by atoms with van der Waals surface area (Å²) in [6, 6.07) is 6.11. The zero-order chi connectivity index (χ0) is 19.9. The van der Waals surface area contributed by atoms with Crippen LogP contribution in [0.4, 0.5) is 13.2 Å². The fourth-order valence-electron chi connectivity index (χ4n) is 4.19. The second kappa shape index (κ2) is 10.5. The van der Waals surface area contributed by atoms with Gasteiger partial charge in [0.1, 0.15) is 0 Å². The van der Waals surface area contributed by atoms with Gasteiger partial charge in [-0.25, -0.2) is 0 Å². The summed E-state index contributed by atoms with van der Waals surface area (Å²) in [5.41, 5.74) is 0.483. The summed E-state index contributed by atoms with van der Waals surface area (Å²) >= 11 is 0. The number of rotatable bonds is 9. The molecule has 2 rings (SSSR count). The molecular formula is C23H36F3N. The van der Waals surface area contributed by atoms with Gasteiger partial charge in [-0.15, -0.1) is 0 Å². The van der Waals surface area contributed by atoms with E-state index in [2.05, 4.69) is 25.7 Å². The monoisotopic (exact) mass is 383 g/mol. The molecule has 4 heteroatoms. The highest BCUT2D eigenvalue weighted by Crippen LogP contribution is 2.34. The van der Waals surface area contributed by atoms with Gasteiger partial charge in [-0.2, -0.15) is 13.2 Å². The molecule has 1 aromatic rings. The van der Waals surface area contributed by atoms with Crippen molar-refractivity contribution in [1.29, 1.82) is 0 Å². The van der Waals surface area contributed by atoms with Crippen LogP contribution in [0.3, 0.4) is 0 Å². The Labute approximate surface area is 163 Å². The van der Waals surface area contributed by atoms with Crippen molar-refractivity contribution < 1.29 is 13.2 Å². The van der Waals surface area contributed by atoms with Crippen LogP contribution < -0.4 is 0 Å². The maximum Gasteiger partial charge on any atom is 0.416 e. The third-order valence-electron chi connectivity index (χ3n) is 5.86. The van der Waals surface area contributed by atoms with E-state index < -0.39 is 11.7 Å². The van der Waals surface area contributed by atoms with Gasteiger partial charge in [0.15, 0.2) is 0 Å². The molecule has 0 spiro atoms. The van der Waals surface area contributed by atoms with Crippen LogP contribution in [0.1, 0.15) is 89.3 Å². The number of nitrogens with zero attached hydrogens (tertiary/aromatic N) is 1. The summed E-state index contributed by atoms with van der Waals surface area (Å²) in [7, 11) is 0. The Morgan fingerprint density at radius 1 is 0.963 bits per heavy atom. The van der Waals surface area contributed by atoms with E-state index in [0.717, 1.165) is 43.3 Å². The summed E-state index contributed by atoms with van der Waals surface area (Å²) in [4.78, 5) is 2.49. The number of hydrogen-bond donors (Lipinski definition) is 0. The highest BCUT2D eigenvalue weighted by atomic mass is 19.4. The maximum atomic E-state index is 12.8. The predicted molar refractivity (Wildman–Crippen MR) is 107 cm³/mol. The summed E-state index contributed by atoms with van der Waals surface area (Å²) < 4.78 is 38.4. The molecule has 0 saturated carbocycles. The minimum atomic E-state index is -4.25. The Morgan fingerprint density at radius 3 is 2.26 bits per heavy atom. The Morgan fingerprint density at radius 2 is 1.63 bits per heavy atom. The number of halogens is 3. The Balaban J connectivity index is 1.84. The van der Waals surface area contributed by atoms with E-state index in [9.17, 15) is 13.2 Å². The van der Waals surface area contributed by atoms with Crippen molar-refractivity contribution in [3.63, 3.8) is 0 Å². The Hall–Kier alpha value is -1.03. The van der Waals surface area contributed by atoms with Crippen LogP contribution in [-0.2, 0) is 6.18 Å². The number of benzene rings is 1. The third kappa shape index (κ3) is 7.48. The molecule has 0 amide bonds. The normalized spacial score (nSPS) is 20.2. The highest BCUT2D eigenvalue weighted by molar-refractivity contribution is 5.27. The lowest BCUT2D eigenvalue weighted by Gasteiger charge is -2.36. The first kappa shape index (κ1) is 22.3. The standard InChI is InChI=1S/C23H36F3N/c1-18(2)8-6-9-19(3)10-7-17-27-16-5-4-11-22(27)20-12-14-21(15-13-20)23(24,25)26/h12-15,18-19,22H,4-11,16-17H2,1-3H3/t19-,22?/m0/s1. The van der Waals surface area contributed by atoms with Crippen molar-refractivity contribution in [3.8, 4) is 0 Å². The topological polar surface area (TPSA) is 3.24 Å². The van der Waals surface area contributed by atoms with Gasteiger partial charge in [0.25, 0.3) is 0 Å². The molecule has 27 heavy (non-hydrogen) atoms. The molecule has 0 aliphatic carbocycles. The average molecular weight is 384 g/mol. The minimum Gasteiger partial charge on any atom is -0.296 e. The van der Waals surface area contributed by atoms with Crippen molar-refractivity contribution in [3.05, 3.63) is 35.4 Å². The number of likely N-dealkylation sites (tertiary alicyclic amines) is 1. The molecule has 0 aromatic heterocycles. The van der Waals surface area contributed by atoms with E-state index in [4.69, 9.17) is 0 Å². The Kier molecular flexibility index (Phi) is 8.65. The lowest BCUT2D eigenvalue weighted by Crippen LogP contribution is -2.34. The molecular weight excluding hydrogens is 347 g/mol. The van der Waals surface area contributed by atoms with E-state index in [-0.39, 0.29) is 6.04 Å². The smallest absolute Gasteiger partial charge is 0.296 e. The first-order chi connectivity index (χ1) is 12.8. The summed E-state index contributed by atoms with van der Waals surface area (Å²) in [6.07, 6.45) is 5.51. The largest absolute Gasteiger partial charge is 0.416 e. The predicted octanol–water partition coefficient (Wildman–Crippen LogP) is 7.48. The van der Waals surface area contributed by atoms with Gasteiger partial charge in [0.05, 0.1) is 5.56 Å². The molecule has 0 bridgehead atoms. The number of alkyl halides is 3. The fourth-order valence-corrected chi connectivity index (χ4v) is 4.19. The maximum absolute atomic E-state index is 12.8. The van der Waals surface area contributed by atoms with Crippen LogP contribution in [0.5, 0.6) is 0 Å². The van der Waals surface area contributed by atoms with Crippen LogP contribution in [0.25, 0.3) is 0 Å². The molecule has 154 valence electrons. The van der Waals surface area contributed by atoms with Crippen LogP contribution in [0.2, 0.25) is 0 Å². The van der Waals surface area contributed by atoms with Crippen molar-refractivity contribution in [2.45, 2.75) is 84.4 Å². The van der Waals surface area contributed by atoms with E-state index in [1.807, 2.05) is 0 Å². The third-order valence-corrected chi connectivity index (χ3v) is 5.86. The second-order valence-corrected chi connectivity index (χ2v) is 8.74. The first-order valence-electron chi connectivity index (χ1n) is 10.7. The molecule has 1 aromatic carbocycles. The molecule has 1 nitrogen and oxygen atoms in total. The molecule has 0 radical (unpaired) electrons. The van der Waals surface area contributed by atoms with Gasteiger partial charge >= 0.3 is 6.18 Å². The van der Waals surface area contributed by atoms with Gasteiger partial charge in [-0.05, 0) is 68.3 Å². The van der Waals surface area contributed by atoms with E-state index in [1.165, 1.54) is 50.7 Å². The molecule has 1 unspecified atom stereocenters. The van der Waals surface area contributed by atoms with Gasteiger partial charge in [0, 0.05) is 6.04 Å². The van der Waals surface area contributed by atoms with Crippen molar-refractivity contribution in [2.75, 3.05) is 13.1 Å². The van der Waals surface area contributed by atoms with Crippen LogP contribution in [0.15, 0.2) is 24.3 Å². The van der Waals surface area contributed by atoms with Crippen LogP contribution in [-0.4, -0.2) is 18.0 Å². The van der Waals surface area contributed by atoms with E-state index >= 15 is 0 Å². The first-order valence-corrected chi connectivity index (χ1v) is 10.7. The van der Waals surface area contributed by atoms with Crippen molar-refractivity contribution >= 4 is 0 Å². The molecule has 1 aliphatic rings. The van der Waals surface area contributed by atoms with Gasteiger partial charge in [-0.3, -0.25) is 4.90 Å². The van der Waals surface area contributed by atoms with E-state index in [1.54, 1.807) is 12.1 Å². The SMILES string of the molecule is CC(C)CCC[C@H](C)CCCN1CCCCC1c1ccc(C(F)(F)F)cc1. The lowest BCUT2D eigenvalue weighted by molar-refractivity contribution is -0.137. The van der Waals surface area contributed by atoms with Crippen molar-refractivity contribution in [2.24, 2.45) is 11.8 Å². The molecule has 1 aliphatic heterocycles. The van der Waals surface area contributed by atoms with E-state index in [0.29, 0.717) is 0 Å². The molecule has 1 saturated heterocycles. The summed E-state index contributed by atoms with van der Waals surface area (Å²) in [5, 5.41) is 0. The summed E-state index contributed by atoms with van der Waals surface area (Å²) in [5.74, 6) is 1.55. The number of piperidine rings is 1. The quantitative estimate of drug-likeness (QED) is 0.427. The van der Waals surface area contributed by atoms with Gasteiger partial charge < -0.3 is 0 Å². The zero-order valence-corrected chi connectivity index (χ0v) is 17.2. The minimum absolute atomic E-state index is 0.275. The lowest BCUT2D eigenvalue weighted by atomic mass is 9.93.